The third-order valence-electron chi connectivity index (χ3n) is 5.24. The number of halogens is 4. The van der Waals surface area contributed by atoms with Crippen LogP contribution in [0.2, 0.25) is 5.02 Å². The van der Waals surface area contributed by atoms with E-state index in [1.165, 1.54) is 0 Å². The van der Waals surface area contributed by atoms with Gasteiger partial charge < -0.3 is 10.1 Å². The summed E-state index contributed by atoms with van der Waals surface area (Å²) in [5.41, 5.74) is -0.0408. The molecule has 10 heteroatoms. The molecular weight excluding hydrogens is 513 g/mol. The van der Waals surface area contributed by atoms with Crippen molar-refractivity contribution < 1.29 is 27.5 Å². The average Bonchev–Trinajstić information content (AvgIpc) is 3.05. The molecule has 0 bridgehead atoms. The molecule has 186 valence electrons. The lowest BCUT2D eigenvalue weighted by atomic mass is 10.2. The first-order chi connectivity index (χ1) is 17.1. The highest BCUT2D eigenvalue weighted by molar-refractivity contribution is 8.04. The molecule has 1 aliphatic rings. The van der Waals surface area contributed by atoms with E-state index in [4.69, 9.17) is 16.3 Å². The maximum Gasteiger partial charge on any atom is 0.416 e. The highest BCUT2D eigenvalue weighted by Crippen LogP contribution is 2.42. The fourth-order valence-corrected chi connectivity index (χ4v) is 4.63. The van der Waals surface area contributed by atoms with E-state index in [0.717, 1.165) is 29.5 Å². The van der Waals surface area contributed by atoms with Crippen LogP contribution in [0.3, 0.4) is 0 Å². The van der Waals surface area contributed by atoms with Crippen molar-refractivity contribution in [3.8, 4) is 5.75 Å². The standard InChI is InChI=1S/C26H20ClF3N2O3S/c1-3-35-21-7-5-4-6-19(21)31-22-23(36-17-11-8-15(2)9-12-17)25(34)32(24(22)33)20-14-16(26(28,29)30)10-13-18(20)27/h4-14,31H,3H2,1-2H3. The summed E-state index contributed by atoms with van der Waals surface area (Å²) in [6.07, 6.45) is -4.68. The number of carbonyl (C=O) groups is 2. The minimum absolute atomic E-state index is 0.0173. The zero-order chi connectivity index (χ0) is 26.0. The molecule has 0 radical (unpaired) electrons. The number of imide groups is 1. The van der Waals surface area contributed by atoms with Crippen molar-refractivity contribution in [2.24, 2.45) is 0 Å². The predicted molar refractivity (Wildman–Crippen MR) is 134 cm³/mol. The van der Waals surface area contributed by atoms with Crippen LogP contribution in [0.5, 0.6) is 5.75 Å². The molecule has 3 aromatic rings. The van der Waals surface area contributed by atoms with Gasteiger partial charge in [-0.15, -0.1) is 0 Å². The number of thioether (sulfide) groups is 1. The second-order valence-electron chi connectivity index (χ2n) is 7.78. The molecule has 2 amide bonds. The van der Waals surface area contributed by atoms with Crippen molar-refractivity contribution in [2.45, 2.75) is 24.9 Å². The Morgan fingerprint density at radius 2 is 1.69 bits per heavy atom. The Kier molecular flexibility index (Phi) is 7.33. The highest BCUT2D eigenvalue weighted by Gasteiger charge is 2.42. The Morgan fingerprint density at radius 3 is 2.36 bits per heavy atom. The van der Waals surface area contributed by atoms with E-state index in [9.17, 15) is 22.8 Å². The first-order valence-corrected chi connectivity index (χ1v) is 12.0. The third-order valence-corrected chi connectivity index (χ3v) is 6.65. The van der Waals surface area contributed by atoms with Gasteiger partial charge in [0.1, 0.15) is 16.4 Å². The summed E-state index contributed by atoms with van der Waals surface area (Å²) in [6.45, 7) is 4.07. The number of para-hydroxylation sites is 2. The number of rotatable bonds is 7. The number of hydrogen-bond acceptors (Lipinski definition) is 5. The molecule has 0 aliphatic carbocycles. The summed E-state index contributed by atoms with van der Waals surface area (Å²) >= 11 is 7.21. The predicted octanol–water partition coefficient (Wildman–Crippen LogP) is 7.06. The molecule has 1 heterocycles. The van der Waals surface area contributed by atoms with Gasteiger partial charge in [-0.05, 0) is 56.3 Å². The minimum atomic E-state index is -4.68. The molecule has 0 spiro atoms. The van der Waals surface area contributed by atoms with Crippen LogP contribution in [0.4, 0.5) is 24.5 Å². The Hall–Kier alpha value is -3.43. The maximum atomic E-state index is 13.5. The molecule has 0 unspecified atom stereocenters. The number of hydrogen-bond donors (Lipinski definition) is 1. The van der Waals surface area contributed by atoms with Gasteiger partial charge in [-0.2, -0.15) is 13.2 Å². The summed E-state index contributed by atoms with van der Waals surface area (Å²) < 4.78 is 45.8. The summed E-state index contributed by atoms with van der Waals surface area (Å²) in [4.78, 5) is 28.4. The number of anilines is 2. The van der Waals surface area contributed by atoms with Crippen LogP contribution in [0, 0.1) is 6.92 Å². The molecule has 4 rings (SSSR count). The van der Waals surface area contributed by atoms with Crippen molar-refractivity contribution in [1.82, 2.24) is 0 Å². The van der Waals surface area contributed by atoms with Gasteiger partial charge in [0.25, 0.3) is 11.8 Å². The van der Waals surface area contributed by atoms with Crippen LogP contribution >= 0.6 is 23.4 Å². The maximum absolute atomic E-state index is 13.5. The van der Waals surface area contributed by atoms with Gasteiger partial charge in [0.15, 0.2) is 0 Å². The molecule has 1 N–H and O–H groups in total. The molecular formula is C26H20ClF3N2O3S. The third kappa shape index (κ3) is 5.22. The number of nitrogens with zero attached hydrogens (tertiary/aromatic N) is 1. The van der Waals surface area contributed by atoms with Gasteiger partial charge in [0.05, 0.1) is 28.6 Å². The summed E-state index contributed by atoms with van der Waals surface area (Å²) in [6, 6.07) is 16.6. The SMILES string of the molecule is CCOc1ccccc1NC1=C(Sc2ccc(C)cc2)C(=O)N(c2cc(C(F)(F)F)ccc2Cl)C1=O. The monoisotopic (exact) mass is 532 g/mol. The van der Waals surface area contributed by atoms with Crippen molar-refractivity contribution >= 4 is 46.6 Å². The Morgan fingerprint density at radius 1 is 1.00 bits per heavy atom. The fourth-order valence-electron chi connectivity index (χ4n) is 3.50. The van der Waals surface area contributed by atoms with E-state index < -0.39 is 23.6 Å². The zero-order valence-electron chi connectivity index (χ0n) is 19.2. The molecule has 0 fully saturated rings. The van der Waals surface area contributed by atoms with Crippen molar-refractivity contribution in [3.05, 3.63) is 93.5 Å². The molecule has 0 saturated carbocycles. The lowest BCUT2D eigenvalue weighted by Gasteiger charge is -2.19. The van der Waals surface area contributed by atoms with E-state index in [0.29, 0.717) is 33.9 Å². The number of benzene rings is 3. The van der Waals surface area contributed by atoms with E-state index in [2.05, 4.69) is 5.32 Å². The van der Waals surface area contributed by atoms with Gasteiger partial charge in [-0.3, -0.25) is 9.59 Å². The van der Waals surface area contributed by atoms with Gasteiger partial charge in [0.2, 0.25) is 0 Å². The summed E-state index contributed by atoms with van der Waals surface area (Å²) in [5.74, 6) is -1.17. The van der Waals surface area contributed by atoms with Crippen molar-refractivity contribution in [1.29, 1.82) is 0 Å². The Labute approximate surface area is 214 Å². The number of alkyl halides is 3. The smallest absolute Gasteiger partial charge is 0.416 e. The molecule has 3 aromatic carbocycles. The average molecular weight is 533 g/mol. The number of aryl methyl sites for hydroxylation is 1. The van der Waals surface area contributed by atoms with Crippen LogP contribution in [-0.4, -0.2) is 18.4 Å². The Balaban J connectivity index is 1.80. The van der Waals surface area contributed by atoms with Crippen molar-refractivity contribution in [2.75, 3.05) is 16.8 Å². The molecule has 0 saturated heterocycles. The Bertz CT molecular complexity index is 1360. The zero-order valence-corrected chi connectivity index (χ0v) is 20.7. The number of ether oxygens (including phenoxy) is 1. The van der Waals surface area contributed by atoms with Gasteiger partial charge in [-0.25, -0.2) is 4.90 Å². The van der Waals surface area contributed by atoms with E-state index in [-0.39, 0.29) is 21.3 Å². The van der Waals surface area contributed by atoms with Crippen LogP contribution in [-0.2, 0) is 15.8 Å². The number of nitrogens with one attached hydrogen (secondary N) is 1. The first kappa shape index (κ1) is 25.7. The number of amides is 2. The van der Waals surface area contributed by atoms with E-state index in [1.807, 2.05) is 19.1 Å². The molecule has 1 aliphatic heterocycles. The lowest BCUT2D eigenvalue weighted by Crippen LogP contribution is -2.33. The number of carbonyl (C=O) groups excluding carboxylic acids is 2. The minimum Gasteiger partial charge on any atom is -0.492 e. The molecule has 5 nitrogen and oxygen atoms in total. The van der Waals surface area contributed by atoms with Gasteiger partial charge in [-0.1, -0.05) is 53.2 Å². The normalized spacial score (nSPS) is 14.0. The van der Waals surface area contributed by atoms with Crippen LogP contribution in [0.1, 0.15) is 18.1 Å². The van der Waals surface area contributed by atoms with Crippen LogP contribution < -0.4 is 15.0 Å². The van der Waals surface area contributed by atoms with Gasteiger partial charge in [0, 0.05) is 4.90 Å². The first-order valence-electron chi connectivity index (χ1n) is 10.8. The fraction of sp³-hybridized carbons (Fsp3) is 0.154. The second-order valence-corrected chi connectivity index (χ2v) is 9.27. The van der Waals surface area contributed by atoms with E-state index in [1.54, 1.807) is 43.3 Å². The van der Waals surface area contributed by atoms with E-state index >= 15 is 0 Å². The highest BCUT2D eigenvalue weighted by atomic mass is 35.5. The summed E-state index contributed by atoms with van der Waals surface area (Å²) in [5, 5.41) is 2.81. The second kappa shape index (κ2) is 10.3. The topological polar surface area (TPSA) is 58.6 Å². The van der Waals surface area contributed by atoms with Crippen LogP contribution in [0.15, 0.2) is 82.2 Å². The quantitative estimate of drug-likeness (QED) is 0.330. The molecule has 36 heavy (non-hydrogen) atoms. The largest absolute Gasteiger partial charge is 0.492 e. The van der Waals surface area contributed by atoms with Crippen LogP contribution in [0.25, 0.3) is 0 Å². The molecule has 0 atom stereocenters. The van der Waals surface area contributed by atoms with Gasteiger partial charge >= 0.3 is 6.18 Å². The molecule has 0 aromatic heterocycles. The lowest BCUT2D eigenvalue weighted by molar-refractivity contribution is -0.137. The van der Waals surface area contributed by atoms with Crippen molar-refractivity contribution in [3.63, 3.8) is 0 Å². The summed E-state index contributed by atoms with van der Waals surface area (Å²) in [7, 11) is 0.